The Morgan fingerprint density at radius 2 is 1.73 bits per heavy atom. The predicted octanol–water partition coefficient (Wildman–Crippen LogP) is 4.60. The molecule has 1 saturated heterocycles. The quantitative estimate of drug-likeness (QED) is 0.458. The van der Waals surface area contributed by atoms with Crippen molar-refractivity contribution in [1.82, 2.24) is 15.2 Å². The second-order valence-electron chi connectivity index (χ2n) is 7.98. The van der Waals surface area contributed by atoms with Crippen LogP contribution >= 0.6 is 0 Å². The van der Waals surface area contributed by atoms with Gasteiger partial charge in [0.05, 0.1) is 6.26 Å². The number of amides is 2. The third kappa shape index (κ3) is 4.57. The first kappa shape index (κ1) is 20.8. The summed E-state index contributed by atoms with van der Waals surface area (Å²) in [7, 11) is 0. The van der Waals surface area contributed by atoms with E-state index in [0.717, 1.165) is 23.9 Å². The van der Waals surface area contributed by atoms with Crippen molar-refractivity contribution in [3.63, 3.8) is 0 Å². The number of rotatable bonds is 5. The van der Waals surface area contributed by atoms with Crippen LogP contribution in [0.25, 0.3) is 17.2 Å². The number of para-hydroxylation sites is 2. The van der Waals surface area contributed by atoms with Gasteiger partial charge in [0.25, 0.3) is 11.8 Å². The molecule has 33 heavy (non-hydrogen) atoms. The maximum Gasteiger partial charge on any atom is 0.270 e. The van der Waals surface area contributed by atoms with Gasteiger partial charge in [0.15, 0.2) is 11.5 Å². The molecule has 5 rings (SSSR count). The molecule has 3 heterocycles. The maximum atomic E-state index is 13.3. The zero-order valence-corrected chi connectivity index (χ0v) is 17.9. The van der Waals surface area contributed by atoms with Gasteiger partial charge in [0.1, 0.15) is 17.0 Å². The smallest absolute Gasteiger partial charge is 0.270 e. The number of fused-ring (bicyclic) bond motifs is 1. The van der Waals surface area contributed by atoms with Crippen LogP contribution in [-0.4, -0.2) is 34.8 Å². The first-order valence-electron chi connectivity index (χ1n) is 10.9. The van der Waals surface area contributed by atoms with Gasteiger partial charge in [-0.3, -0.25) is 9.59 Å². The molecule has 1 N–H and O–H groups in total. The number of piperidine rings is 1. The largest absolute Gasteiger partial charge is 0.465 e. The molecule has 4 aromatic rings. The molecule has 0 spiro atoms. The Balaban J connectivity index is 1.30. The number of carbonyl (C=O) groups is 2. The average molecular weight is 441 g/mol. The Kier molecular flexibility index (Phi) is 5.76. The number of hydrogen-bond donors (Lipinski definition) is 1. The molecule has 1 fully saturated rings. The van der Waals surface area contributed by atoms with Crippen LogP contribution < -0.4 is 5.32 Å². The fraction of sp³-hybridized carbons (Fsp3) is 0.192. The van der Waals surface area contributed by atoms with E-state index < -0.39 is 0 Å². The van der Waals surface area contributed by atoms with Gasteiger partial charge in [-0.25, -0.2) is 4.98 Å². The van der Waals surface area contributed by atoms with E-state index in [4.69, 9.17) is 8.83 Å². The third-order valence-corrected chi connectivity index (χ3v) is 5.79. The van der Waals surface area contributed by atoms with Crippen molar-refractivity contribution >= 4 is 29.0 Å². The molecule has 2 aromatic heterocycles. The van der Waals surface area contributed by atoms with Gasteiger partial charge in [-0.1, -0.05) is 30.3 Å². The summed E-state index contributed by atoms with van der Waals surface area (Å²) in [6.45, 7) is 1.08. The summed E-state index contributed by atoms with van der Waals surface area (Å²) in [5.41, 5.74) is 2.28. The molecule has 0 radical (unpaired) electrons. The Labute approximate surface area is 190 Å². The molecule has 0 bridgehead atoms. The van der Waals surface area contributed by atoms with Gasteiger partial charge < -0.3 is 19.1 Å². The van der Waals surface area contributed by atoms with Gasteiger partial charge in [-0.2, -0.15) is 0 Å². The van der Waals surface area contributed by atoms with Crippen molar-refractivity contribution < 1.29 is 18.4 Å². The third-order valence-electron chi connectivity index (χ3n) is 5.79. The summed E-state index contributed by atoms with van der Waals surface area (Å²) in [5, 5.41) is 2.77. The molecule has 7 heteroatoms. The van der Waals surface area contributed by atoms with E-state index in [2.05, 4.69) is 10.3 Å². The molecule has 1 aliphatic heterocycles. The van der Waals surface area contributed by atoms with Crippen LogP contribution in [0.3, 0.4) is 0 Å². The van der Waals surface area contributed by atoms with Crippen molar-refractivity contribution in [3.8, 4) is 0 Å². The maximum absolute atomic E-state index is 13.3. The summed E-state index contributed by atoms with van der Waals surface area (Å²) in [6, 6.07) is 20.0. The summed E-state index contributed by atoms with van der Waals surface area (Å²) in [5.74, 6) is 0.771. The van der Waals surface area contributed by atoms with Crippen LogP contribution in [0, 0.1) is 0 Å². The molecule has 0 atom stereocenters. The van der Waals surface area contributed by atoms with Crippen LogP contribution in [0.15, 0.2) is 87.5 Å². The highest BCUT2D eigenvalue weighted by atomic mass is 16.3. The summed E-state index contributed by atoms with van der Waals surface area (Å²) in [4.78, 5) is 32.4. The molecule has 0 aliphatic carbocycles. The van der Waals surface area contributed by atoms with Crippen LogP contribution in [0.4, 0.5) is 0 Å². The number of benzene rings is 2. The molecule has 2 amide bonds. The first-order chi connectivity index (χ1) is 16.2. The van der Waals surface area contributed by atoms with Crippen LogP contribution in [0.5, 0.6) is 0 Å². The lowest BCUT2D eigenvalue weighted by Crippen LogP contribution is -2.42. The number of nitrogens with zero attached hydrogens (tertiary/aromatic N) is 2. The number of nitrogens with one attached hydrogen (secondary N) is 1. The van der Waals surface area contributed by atoms with Gasteiger partial charge in [0, 0.05) is 30.6 Å². The highest BCUT2D eigenvalue weighted by molar-refractivity contribution is 6.05. The summed E-state index contributed by atoms with van der Waals surface area (Å²) >= 11 is 0. The predicted molar refractivity (Wildman–Crippen MR) is 123 cm³/mol. The van der Waals surface area contributed by atoms with Crippen LogP contribution in [0.2, 0.25) is 0 Å². The van der Waals surface area contributed by atoms with E-state index in [0.29, 0.717) is 30.3 Å². The minimum Gasteiger partial charge on any atom is -0.465 e. The summed E-state index contributed by atoms with van der Waals surface area (Å²) < 4.78 is 11.3. The number of aromatic nitrogens is 1. The Morgan fingerprint density at radius 3 is 2.45 bits per heavy atom. The zero-order valence-electron chi connectivity index (χ0n) is 17.9. The molecule has 2 aromatic carbocycles. The van der Waals surface area contributed by atoms with Crippen molar-refractivity contribution in [3.05, 3.63) is 95.9 Å². The van der Waals surface area contributed by atoms with Gasteiger partial charge in [0.2, 0.25) is 0 Å². The van der Waals surface area contributed by atoms with E-state index in [1.54, 1.807) is 47.4 Å². The molecule has 166 valence electrons. The number of likely N-dealkylation sites (tertiary alicyclic amines) is 1. The highest BCUT2D eigenvalue weighted by Crippen LogP contribution is 2.30. The Bertz CT molecular complexity index is 1250. The normalized spacial score (nSPS) is 15.0. The first-order valence-corrected chi connectivity index (χ1v) is 10.9. The zero-order chi connectivity index (χ0) is 22.6. The lowest BCUT2D eigenvalue weighted by Gasteiger charge is -2.31. The Hall–Kier alpha value is -4.13. The topological polar surface area (TPSA) is 88.6 Å². The average Bonchev–Trinajstić information content (AvgIpc) is 3.53. The van der Waals surface area contributed by atoms with E-state index in [9.17, 15) is 9.59 Å². The van der Waals surface area contributed by atoms with Crippen LogP contribution in [-0.2, 0) is 4.79 Å². The number of hydrogen-bond acceptors (Lipinski definition) is 5. The fourth-order valence-electron chi connectivity index (χ4n) is 4.02. The Morgan fingerprint density at radius 1 is 0.970 bits per heavy atom. The molecule has 7 nitrogen and oxygen atoms in total. The lowest BCUT2D eigenvalue weighted by atomic mass is 9.96. The van der Waals surface area contributed by atoms with Crippen molar-refractivity contribution in [2.24, 2.45) is 0 Å². The fourth-order valence-corrected chi connectivity index (χ4v) is 4.02. The summed E-state index contributed by atoms with van der Waals surface area (Å²) in [6.07, 6.45) is 4.56. The second-order valence-corrected chi connectivity index (χ2v) is 7.98. The lowest BCUT2D eigenvalue weighted by molar-refractivity contribution is -0.128. The van der Waals surface area contributed by atoms with Crippen LogP contribution in [0.1, 0.15) is 40.8 Å². The second kappa shape index (κ2) is 9.16. The monoisotopic (exact) mass is 441 g/mol. The highest BCUT2D eigenvalue weighted by Gasteiger charge is 2.29. The van der Waals surface area contributed by atoms with E-state index in [1.807, 2.05) is 30.3 Å². The van der Waals surface area contributed by atoms with Gasteiger partial charge >= 0.3 is 0 Å². The SMILES string of the molecule is O=C(NC(=Cc1ccco1)C(=O)N1CCC(c2nc3ccccc3o2)CC1)c1ccccc1. The molecule has 0 unspecified atom stereocenters. The van der Waals surface area contributed by atoms with Gasteiger partial charge in [-0.15, -0.1) is 0 Å². The van der Waals surface area contributed by atoms with Gasteiger partial charge in [-0.05, 0) is 49.2 Å². The number of furan rings is 1. The molecular formula is C26H23N3O4. The minimum absolute atomic E-state index is 0.151. The standard InChI is InChI=1S/C26H23N3O4/c30-24(18-7-2-1-3-8-18)27-22(17-20-9-6-16-32-20)26(31)29-14-12-19(13-15-29)25-28-21-10-4-5-11-23(21)33-25/h1-11,16-17,19H,12-15H2,(H,27,30). The van der Waals surface area contributed by atoms with E-state index in [-0.39, 0.29) is 23.4 Å². The van der Waals surface area contributed by atoms with E-state index in [1.165, 1.54) is 6.26 Å². The minimum atomic E-state index is -0.344. The number of carbonyl (C=O) groups excluding carboxylic acids is 2. The van der Waals surface area contributed by atoms with Crippen molar-refractivity contribution in [2.45, 2.75) is 18.8 Å². The van der Waals surface area contributed by atoms with E-state index >= 15 is 0 Å². The van der Waals surface area contributed by atoms with Crippen molar-refractivity contribution in [1.29, 1.82) is 0 Å². The molecule has 0 saturated carbocycles. The number of oxazole rings is 1. The van der Waals surface area contributed by atoms with Crippen molar-refractivity contribution in [2.75, 3.05) is 13.1 Å². The molecular weight excluding hydrogens is 418 g/mol. The molecule has 1 aliphatic rings.